The fourth-order valence-electron chi connectivity index (χ4n) is 2.23. The molecule has 3 aromatic rings. The number of carbonyl (C=O) groups is 1. The lowest BCUT2D eigenvalue weighted by Gasteiger charge is -2.14. The van der Waals surface area contributed by atoms with Crippen LogP contribution in [0.15, 0.2) is 66.9 Å². The number of aromatic nitrogens is 1. The van der Waals surface area contributed by atoms with Crippen molar-refractivity contribution in [1.29, 1.82) is 0 Å². The van der Waals surface area contributed by atoms with Crippen LogP contribution in [0.3, 0.4) is 0 Å². The molecule has 0 unspecified atom stereocenters. The predicted octanol–water partition coefficient (Wildman–Crippen LogP) is 4.29. The van der Waals surface area contributed by atoms with Crippen LogP contribution in [0.1, 0.15) is 15.9 Å². The lowest BCUT2D eigenvalue weighted by Crippen LogP contribution is -2.07. The Labute approximate surface area is 138 Å². The van der Waals surface area contributed by atoms with Crippen molar-refractivity contribution < 1.29 is 4.79 Å². The van der Waals surface area contributed by atoms with Crippen molar-refractivity contribution in [2.24, 2.45) is 0 Å². The van der Waals surface area contributed by atoms with E-state index in [4.69, 9.17) is 17.3 Å². The molecule has 0 saturated heterocycles. The van der Waals surface area contributed by atoms with Crippen LogP contribution in [0.4, 0.5) is 17.2 Å². The number of halogens is 1. The van der Waals surface area contributed by atoms with E-state index in [1.165, 1.54) is 0 Å². The topological polar surface area (TPSA) is 68.0 Å². The molecule has 0 bridgehead atoms. The van der Waals surface area contributed by atoms with Crippen molar-refractivity contribution in [1.82, 2.24) is 4.98 Å². The fraction of sp³-hybridized carbons (Fsp3) is 0. The lowest BCUT2D eigenvalue weighted by molar-refractivity contribution is 0.103. The maximum atomic E-state index is 12.7. The van der Waals surface area contributed by atoms with Crippen molar-refractivity contribution in [2.45, 2.75) is 0 Å². The zero-order chi connectivity index (χ0) is 16.2. The third kappa shape index (κ3) is 3.17. The number of nitrogen functional groups attached to an aromatic ring is 1. The number of hydrogen-bond donors (Lipinski definition) is 2. The van der Waals surface area contributed by atoms with Gasteiger partial charge in [0.1, 0.15) is 0 Å². The summed E-state index contributed by atoms with van der Waals surface area (Å²) in [5, 5.41) is 3.50. The Balaban J connectivity index is 2.04. The molecule has 0 saturated carbocycles. The van der Waals surface area contributed by atoms with Crippen molar-refractivity contribution in [3.63, 3.8) is 0 Å². The van der Waals surface area contributed by atoms with Crippen LogP contribution in [0.25, 0.3) is 0 Å². The van der Waals surface area contributed by atoms with Crippen molar-refractivity contribution in [3.05, 3.63) is 83.0 Å². The van der Waals surface area contributed by atoms with Crippen LogP contribution in [-0.2, 0) is 0 Å². The molecule has 0 aliphatic rings. The molecule has 0 fully saturated rings. The number of ketones is 1. The van der Waals surface area contributed by atoms with Crippen LogP contribution in [-0.4, -0.2) is 10.8 Å². The van der Waals surface area contributed by atoms with E-state index in [9.17, 15) is 4.79 Å². The summed E-state index contributed by atoms with van der Waals surface area (Å²) in [4.78, 5) is 16.9. The first-order valence-electron chi connectivity index (χ1n) is 7.02. The highest BCUT2D eigenvalue weighted by atomic mass is 35.5. The molecule has 0 atom stereocenters. The summed E-state index contributed by atoms with van der Waals surface area (Å²) >= 11 is 6.28. The van der Waals surface area contributed by atoms with Crippen molar-refractivity contribution >= 4 is 34.6 Å². The maximum absolute atomic E-state index is 12.7. The molecule has 1 aromatic heterocycles. The average molecular weight is 324 g/mol. The first kappa shape index (κ1) is 15.1. The van der Waals surface area contributed by atoms with Gasteiger partial charge in [0.25, 0.3) is 0 Å². The van der Waals surface area contributed by atoms with Crippen LogP contribution in [0.5, 0.6) is 0 Å². The average Bonchev–Trinajstić information content (AvgIpc) is 2.58. The van der Waals surface area contributed by atoms with Crippen LogP contribution in [0.2, 0.25) is 5.02 Å². The maximum Gasteiger partial charge on any atom is 0.195 e. The molecule has 2 aromatic carbocycles. The number of benzene rings is 2. The quantitative estimate of drug-likeness (QED) is 0.703. The molecule has 114 valence electrons. The molecular weight excluding hydrogens is 310 g/mol. The van der Waals surface area contributed by atoms with Crippen molar-refractivity contribution in [2.75, 3.05) is 11.1 Å². The summed E-state index contributed by atoms with van der Waals surface area (Å²) in [6.45, 7) is 0. The highest BCUT2D eigenvalue weighted by Crippen LogP contribution is 2.31. The second-order valence-electron chi connectivity index (χ2n) is 4.92. The first-order chi connectivity index (χ1) is 11.2. The van der Waals surface area contributed by atoms with E-state index in [0.717, 1.165) is 0 Å². The summed E-state index contributed by atoms with van der Waals surface area (Å²) in [5.74, 6) is 0.341. The second-order valence-corrected chi connectivity index (χ2v) is 5.33. The van der Waals surface area contributed by atoms with Gasteiger partial charge in [0.15, 0.2) is 11.6 Å². The SMILES string of the molecule is Nc1cccnc1Nc1c(Cl)cccc1C(=O)c1ccccc1. The summed E-state index contributed by atoms with van der Waals surface area (Å²) < 4.78 is 0. The minimum atomic E-state index is -0.120. The Morgan fingerprint density at radius 2 is 1.78 bits per heavy atom. The summed E-state index contributed by atoms with van der Waals surface area (Å²) in [6.07, 6.45) is 1.62. The lowest BCUT2D eigenvalue weighted by atomic mass is 10.0. The predicted molar refractivity (Wildman–Crippen MR) is 93.3 cm³/mol. The first-order valence-corrected chi connectivity index (χ1v) is 7.40. The third-order valence-electron chi connectivity index (χ3n) is 3.38. The minimum absolute atomic E-state index is 0.120. The third-order valence-corrected chi connectivity index (χ3v) is 3.69. The van der Waals surface area contributed by atoms with Crippen LogP contribution >= 0.6 is 11.6 Å². The van der Waals surface area contributed by atoms with Crippen molar-refractivity contribution in [3.8, 4) is 0 Å². The second kappa shape index (κ2) is 6.50. The Kier molecular flexibility index (Phi) is 4.26. The number of anilines is 3. The molecule has 1 heterocycles. The number of nitrogens with one attached hydrogen (secondary N) is 1. The van der Waals surface area contributed by atoms with Gasteiger partial charge in [-0.1, -0.05) is 48.0 Å². The van der Waals surface area contributed by atoms with E-state index in [1.807, 2.05) is 18.2 Å². The number of para-hydroxylation sites is 1. The van der Waals surface area contributed by atoms with E-state index in [0.29, 0.717) is 33.3 Å². The summed E-state index contributed by atoms with van der Waals surface area (Å²) in [7, 11) is 0. The summed E-state index contributed by atoms with van der Waals surface area (Å²) in [5.41, 5.74) is 7.93. The van der Waals surface area contributed by atoms with Gasteiger partial charge >= 0.3 is 0 Å². The standard InChI is InChI=1S/C18H14ClN3O/c19-14-9-4-8-13(17(23)12-6-2-1-3-7-12)16(14)22-18-15(20)10-5-11-21-18/h1-11H,20H2,(H,21,22). The monoisotopic (exact) mass is 323 g/mol. The number of carbonyl (C=O) groups excluding carboxylic acids is 1. The molecule has 0 aliphatic carbocycles. The van der Waals surface area contributed by atoms with Gasteiger partial charge in [0.05, 0.1) is 16.4 Å². The molecule has 4 nitrogen and oxygen atoms in total. The van der Waals surface area contributed by atoms with E-state index >= 15 is 0 Å². The molecular formula is C18H14ClN3O. The van der Waals surface area contributed by atoms with Gasteiger partial charge in [-0.05, 0) is 24.3 Å². The Morgan fingerprint density at radius 3 is 2.52 bits per heavy atom. The molecule has 23 heavy (non-hydrogen) atoms. The Morgan fingerprint density at radius 1 is 1.00 bits per heavy atom. The number of nitrogens with zero attached hydrogens (tertiary/aromatic N) is 1. The van der Waals surface area contributed by atoms with Gasteiger partial charge in [0.2, 0.25) is 0 Å². The molecule has 0 spiro atoms. The van der Waals surface area contributed by atoms with Gasteiger partial charge in [-0.3, -0.25) is 4.79 Å². The van der Waals surface area contributed by atoms with Gasteiger partial charge < -0.3 is 11.1 Å². The van der Waals surface area contributed by atoms with E-state index in [-0.39, 0.29) is 5.78 Å². The minimum Gasteiger partial charge on any atom is -0.396 e. The zero-order valence-corrected chi connectivity index (χ0v) is 12.9. The van der Waals surface area contributed by atoms with Gasteiger partial charge in [-0.25, -0.2) is 4.98 Å². The normalized spacial score (nSPS) is 10.3. The number of rotatable bonds is 4. The van der Waals surface area contributed by atoms with Crippen LogP contribution < -0.4 is 11.1 Å². The smallest absolute Gasteiger partial charge is 0.195 e. The summed E-state index contributed by atoms with van der Waals surface area (Å²) in [6, 6.07) is 17.7. The highest BCUT2D eigenvalue weighted by molar-refractivity contribution is 6.34. The van der Waals surface area contributed by atoms with E-state index < -0.39 is 0 Å². The van der Waals surface area contributed by atoms with Gasteiger partial charge in [-0.15, -0.1) is 0 Å². The van der Waals surface area contributed by atoms with Gasteiger partial charge in [-0.2, -0.15) is 0 Å². The number of nitrogens with two attached hydrogens (primary N) is 1. The van der Waals surface area contributed by atoms with E-state index in [1.54, 1.807) is 48.7 Å². The number of hydrogen-bond acceptors (Lipinski definition) is 4. The Hall–Kier alpha value is -2.85. The molecule has 3 N–H and O–H groups in total. The fourth-order valence-corrected chi connectivity index (χ4v) is 2.45. The molecule has 3 rings (SSSR count). The highest BCUT2D eigenvalue weighted by Gasteiger charge is 2.17. The van der Waals surface area contributed by atoms with E-state index in [2.05, 4.69) is 10.3 Å². The van der Waals surface area contributed by atoms with Crippen LogP contribution in [0, 0.1) is 0 Å². The Bertz CT molecular complexity index is 850. The molecule has 5 heteroatoms. The molecule has 0 amide bonds. The molecule has 0 aliphatic heterocycles. The number of pyridine rings is 1. The zero-order valence-electron chi connectivity index (χ0n) is 12.2. The van der Waals surface area contributed by atoms with Gasteiger partial charge in [0, 0.05) is 17.3 Å². The largest absolute Gasteiger partial charge is 0.396 e. The molecule has 0 radical (unpaired) electrons.